The maximum atomic E-state index is 14.1. The van der Waals surface area contributed by atoms with E-state index in [4.69, 9.17) is 28.6 Å². The fourth-order valence-corrected chi connectivity index (χ4v) is 4.15. The van der Waals surface area contributed by atoms with Gasteiger partial charge in [0.05, 0.1) is 5.57 Å². The highest BCUT2D eigenvalue weighted by molar-refractivity contribution is 7.80. The monoisotopic (exact) mass is 440 g/mol. The fraction of sp³-hybridized carbons (Fsp3) is 0.0870. The van der Waals surface area contributed by atoms with Crippen LogP contribution < -0.4 is 15.0 Å². The highest BCUT2D eigenvalue weighted by atomic mass is 35.5. The molecule has 0 aliphatic carbocycles. The molecule has 2 heterocycles. The van der Waals surface area contributed by atoms with Crippen molar-refractivity contribution in [1.29, 1.82) is 0 Å². The Kier molecular flexibility index (Phi) is 4.68. The minimum absolute atomic E-state index is 0.336. The lowest BCUT2D eigenvalue weighted by Crippen LogP contribution is -2.49. The third-order valence-corrected chi connectivity index (χ3v) is 5.76. The average Bonchev–Trinajstić information content (AvgIpc) is 2.73. The number of ether oxygens (including phenoxy) is 1. The van der Waals surface area contributed by atoms with Crippen molar-refractivity contribution >= 4 is 34.5 Å². The second-order valence-electron chi connectivity index (χ2n) is 7.09. The fourth-order valence-electron chi connectivity index (χ4n) is 3.75. The summed E-state index contributed by atoms with van der Waals surface area (Å²) in [7, 11) is 0. The van der Waals surface area contributed by atoms with Gasteiger partial charge in [-0.05, 0) is 54.1 Å². The summed E-state index contributed by atoms with van der Waals surface area (Å²) < 4.78 is 34.0. The van der Waals surface area contributed by atoms with E-state index < -0.39 is 6.17 Å². The van der Waals surface area contributed by atoms with Gasteiger partial charge in [0.2, 0.25) is 5.88 Å². The number of nitrogens with zero attached hydrogens (tertiary/aromatic N) is 1. The normalized spacial score (nSPS) is 17.8. The number of hydrogen-bond donors (Lipinski definition) is 1. The largest absolute Gasteiger partial charge is 0.440 e. The van der Waals surface area contributed by atoms with E-state index in [0.29, 0.717) is 39.3 Å². The van der Waals surface area contributed by atoms with Crippen molar-refractivity contribution in [2.75, 3.05) is 4.90 Å². The Balaban J connectivity index is 1.67. The molecule has 30 heavy (non-hydrogen) atoms. The van der Waals surface area contributed by atoms with Crippen LogP contribution in [0.15, 0.2) is 78.2 Å². The molecule has 0 spiro atoms. The first-order valence-corrected chi connectivity index (χ1v) is 10.1. The van der Waals surface area contributed by atoms with Crippen LogP contribution in [0.25, 0.3) is 0 Å². The van der Waals surface area contributed by atoms with E-state index in [0.717, 1.165) is 11.1 Å². The molecule has 150 valence electrons. The number of nitrogens with one attached hydrogen (secondary N) is 1. The third kappa shape index (κ3) is 3.32. The maximum Gasteiger partial charge on any atom is 0.208 e. The second-order valence-corrected chi connectivity index (χ2v) is 7.94. The van der Waals surface area contributed by atoms with Crippen molar-refractivity contribution in [3.8, 4) is 5.75 Å². The number of thiocarbonyl (C=S) groups is 1. The summed E-state index contributed by atoms with van der Waals surface area (Å²) in [5.74, 6) is 0.354. The topological polar surface area (TPSA) is 24.5 Å². The molecule has 3 aromatic rings. The molecule has 0 radical (unpaired) electrons. The Bertz CT molecular complexity index is 1200. The third-order valence-electron chi connectivity index (χ3n) is 5.15. The molecule has 0 aromatic heterocycles. The van der Waals surface area contributed by atoms with Crippen LogP contribution in [0.1, 0.15) is 17.3 Å². The number of benzene rings is 3. The molecule has 2 aliphatic heterocycles. The summed E-state index contributed by atoms with van der Waals surface area (Å²) in [5.41, 5.74) is 2.91. The molecule has 0 saturated heterocycles. The molecule has 0 amide bonds. The standard InChI is InChI=1S/C23H15ClF2N2OS/c24-15-6-4-13(5-7-15)21-27-22(30)19-11-14-10-17(26)8-9-20(14)29-23(19)28(21)18-3-1-2-16(25)12-18/h1-10,12,21H,11H2,(H,27,30). The molecular formula is C23H15ClF2N2OS. The van der Waals surface area contributed by atoms with Crippen LogP contribution >= 0.6 is 23.8 Å². The molecule has 1 N–H and O–H groups in total. The maximum absolute atomic E-state index is 14.1. The number of rotatable bonds is 2. The van der Waals surface area contributed by atoms with E-state index in [-0.39, 0.29) is 11.6 Å². The minimum Gasteiger partial charge on any atom is -0.440 e. The van der Waals surface area contributed by atoms with Crippen molar-refractivity contribution in [3.05, 3.63) is 106 Å². The van der Waals surface area contributed by atoms with Gasteiger partial charge < -0.3 is 10.1 Å². The predicted molar refractivity (Wildman–Crippen MR) is 117 cm³/mol. The van der Waals surface area contributed by atoms with Gasteiger partial charge in [-0.2, -0.15) is 0 Å². The Labute approximate surface area is 182 Å². The highest BCUT2D eigenvalue weighted by Crippen LogP contribution is 2.41. The molecule has 7 heteroatoms. The van der Waals surface area contributed by atoms with Crippen molar-refractivity contribution < 1.29 is 13.5 Å². The molecule has 5 rings (SSSR count). The summed E-state index contributed by atoms with van der Waals surface area (Å²) in [6, 6.07) is 18.0. The number of halogens is 3. The van der Waals surface area contributed by atoms with Gasteiger partial charge in [-0.3, -0.25) is 4.90 Å². The first-order chi connectivity index (χ1) is 14.5. The summed E-state index contributed by atoms with van der Waals surface area (Å²) in [4.78, 5) is 2.37. The van der Waals surface area contributed by atoms with Crippen LogP contribution in [0.3, 0.4) is 0 Å². The molecule has 0 bridgehead atoms. The first-order valence-electron chi connectivity index (χ1n) is 9.30. The van der Waals surface area contributed by atoms with Crippen LogP contribution in [0, 0.1) is 11.6 Å². The number of fused-ring (bicyclic) bond motifs is 1. The van der Waals surface area contributed by atoms with Crippen molar-refractivity contribution in [1.82, 2.24) is 5.32 Å². The smallest absolute Gasteiger partial charge is 0.208 e. The molecule has 0 saturated carbocycles. The van der Waals surface area contributed by atoms with Crippen LogP contribution in [0.2, 0.25) is 5.02 Å². The van der Waals surface area contributed by atoms with Crippen LogP contribution in [-0.4, -0.2) is 4.99 Å². The number of hydrogen-bond acceptors (Lipinski definition) is 3. The lowest BCUT2D eigenvalue weighted by atomic mass is 9.98. The second kappa shape index (κ2) is 7.38. The zero-order valence-electron chi connectivity index (χ0n) is 15.5. The summed E-state index contributed by atoms with van der Waals surface area (Å²) >= 11 is 11.7. The molecule has 1 unspecified atom stereocenters. The predicted octanol–water partition coefficient (Wildman–Crippen LogP) is 5.90. The molecule has 3 aromatic carbocycles. The average molecular weight is 441 g/mol. The summed E-state index contributed by atoms with van der Waals surface area (Å²) in [5, 5.41) is 3.94. The van der Waals surface area contributed by atoms with Gasteiger partial charge in [-0.15, -0.1) is 0 Å². The minimum atomic E-state index is -0.433. The van der Waals surface area contributed by atoms with E-state index >= 15 is 0 Å². The van der Waals surface area contributed by atoms with Crippen LogP contribution in [0.5, 0.6) is 5.75 Å². The Morgan fingerprint density at radius 3 is 2.53 bits per heavy atom. The lowest BCUT2D eigenvalue weighted by molar-refractivity contribution is 0.358. The zero-order valence-corrected chi connectivity index (χ0v) is 17.1. The summed E-state index contributed by atoms with van der Waals surface area (Å²) in [6.45, 7) is 0. The number of anilines is 1. The van der Waals surface area contributed by atoms with Gasteiger partial charge in [0.15, 0.2) is 0 Å². The van der Waals surface area contributed by atoms with E-state index in [2.05, 4.69) is 5.32 Å². The molecule has 1 atom stereocenters. The quantitative estimate of drug-likeness (QED) is 0.501. The van der Waals surface area contributed by atoms with Gasteiger partial charge in [-0.1, -0.05) is 42.0 Å². The van der Waals surface area contributed by atoms with Gasteiger partial charge in [-0.25, -0.2) is 8.78 Å². The summed E-state index contributed by atoms with van der Waals surface area (Å²) in [6.07, 6.45) is -0.0229. The van der Waals surface area contributed by atoms with E-state index in [1.165, 1.54) is 24.3 Å². The van der Waals surface area contributed by atoms with Crippen molar-refractivity contribution in [3.63, 3.8) is 0 Å². The SMILES string of the molecule is Fc1cccc(N2C3=C(Cc4cc(F)ccc4O3)C(=S)NC2c2ccc(Cl)cc2)c1. The van der Waals surface area contributed by atoms with Crippen LogP contribution in [0.4, 0.5) is 14.5 Å². The Morgan fingerprint density at radius 2 is 1.77 bits per heavy atom. The van der Waals surface area contributed by atoms with E-state index in [1.54, 1.807) is 30.3 Å². The highest BCUT2D eigenvalue weighted by Gasteiger charge is 2.37. The van der Waals surface area contributed by atoms with Crippen molar-refractivity contribution in [2.45, 2.75) is 12.6 Å². The van der Waals surface area contributed by atoms with Gasteiger partial charge in [0.25, 0.3) is 0 Å². The first kappa shape index (κ1) is 19.0. The Morgan fingerprint density at radius 1 is 1.00 bits per heavy atom. The molecule has 2 aliphatic rings. The van der Waals surface area contributed by atoms with Gasteiger partial charge >= 0.3 is 0 Å². The van der Waals surface area contributed by atoms with Crippen molar-refractivity contribution in [2.24, 2.45) is 0 Å². The van der Waals surface area contributed by atoms with E-state index in [1.807, 2.05) is 17.0 Å². The Hall–Kier alpha value is -2.96. The van der Waals surface area contributed by atoms with Crippen LogP contribution in [-0.2, 0) is 6.42 Å². The molecule has 3 nitrogen and oxygen atoms in total. The van der Waals surface area contributed by atoms with E-state index in [9.17, 15) is 8.78 Å². The van der Waals surface area contributed by atoms with Gasteiger partial charge in [0.1, 0.15) is 28.5 Å². The van der Waals surface area contributed by atoms with Gasteiger partial charge in [0, 0.05) is 22.7 Å². The lowest BCUT2D eigenvalue weighted by Gasteiger charge is -2.42. The molecular weight excluding hydrogens is 426 g/mol. The molecule has 0 fully saturated rings. The zero-order chi connectivity index (χ0) is 20.8.